The van der Waals surface area contributed by atoms with Crippen molar-refractivity contribution in [1.82, 2.24) is 0 Å². The van der Waals surface area contributed by atoms with Crippen LogP contribution in [0.2, 0.25) is 0 Å². The van der Waals surface area contributed by atoms with Gasteiger partial charge in [-0.2, -0.15) is 0 Å². The Kier molecular flexibility index (Phi) is 3.79. The van der Waals surface area contributed by atoms with E-state index in [0.717, 1.165) is 6.07 Å². The number of ether oxygens (including phenoxy) is 1. The standard InChI is InChI=1S/C15H11FO4/c1-20-15(19)11-4-2-3-9(7-11)10-5-6-13(16)12(8-10)14(17)18/h2-8H,1H3,(H,17,18). The van der Waals surface area contributed by atoms with Crippen LogP contribution < -0.4 is 0 Å². The van der Waals surface area contributed by atoms with Crippen molar-refractivity contribution in [1.29, 1.82) is 0 Å². The van der Waals surface area contributed by atoms with Crippen LogP contribution in [0.4, 0.5) is 4.39 Å². The zero-order valence-corrected chi connectivity index (χ0v) is 10.6. The van der Waals surface area contributed by atoms with Crippen LogP contribution in [0.3, 0.4) is 0 Å². The van der Waals surface area contributed by atoms with E-state index in [9.17, 15) is 14.0 Å². The third kappa shape index (κ3) is 2.66. The fraction of sp³-hybridized carbons (Fsp3) is 0.0667. The van der Waals surface area contributed by atoms with Crippen molar-refractivity contribution in [2.24, 2.45) is 0 Å². The molecule has 2 rings (SSSR count). The molecule has 0 bridgehead atoms. The Bertz CT molecular complexity index is 679. The maximum atomic E-state index is 13.3. The molecule has 20 heavy (non-hydrogen) atoms. The number of carbonyl (C=O) groups excluding carboxylic acids is 1. The Morgan fingerprint density at radius 3 is 2.45 bits per heavy atom. The number of esters is 1. The number of halogens is 1. The lowest BCUT2D eigenvalue weighted by Crippen LogP contribution is -2.02. The smallest absolute Gasteiger partial charge is 0.338 e. The summed E-state index contributed by atoms with van der Waals surface area (Å²) in [6.07, 6.45) is 0. The number of methoxy groups -OCH3 is 1. The first kappa shape index (κ1) is 13.7. The predicted molar refractivity (Wildman–Crippen MR) is 70.1 cm³/mol. The van der Waals surface area contributed by atoms with Gasteiger partial charge in [-0.1, -0.05) is 18.2 Å². The molecule has 0 heterocycles. The predicted octanol–water partition coefficient (Wildman–Crippen LogP) is 2.98. The van der Waals surface area contributed by atoms with Crippen molar-refractivity contribution >= 4 is 11.9 Å². The molecule has 0 aliphatic carbocycles. The highest BCUT2D eigenvalue weighted by atomic mass is 19.1. The van der Waals surface area contributed by atoms with Crippen LogP contribution in [0.25, 0.3) is 11.1 Å². The van der Waals surface area contributed by atoms with E-state index in [1.165, 1.54) is 19.2 Å². The Labute approximate surface area is 114 Å². The van der Waals surface area contributed by atoms with E-state index >= 15 is 0 Å². The highest BCUT2D eigenvalue weighted by molar-refractivity contribution is 5.92. The van der Waals surface area contributed by atoms with E-state index in [1.807, 2.05) is 0 Å². The van der Waals surface area contributed by atoms with Crippen LogP contribution in [0.1, 0.15) is 20.7 Å². The molecule has 0 fully saturated rings. The molecule has 102 valence electrons. The molecule has 0 atom stereocenters. The van der Waals surface area contributed by atoms with Crippen LogP contribution >= 0.6 is 0 Å². The maximum Gasteiger partial charge on any atom is 0.338 e. The maximum absolute atomic E-state index is 13.3. The van der Waals surface area contributed by atoms with E-state index in [4.69, 9.17) is 5.11 Å². The van der Waals surface area contributed by atoms with Crippen LogP contribution in [-0.2, 0) is 4.74 Å². The SMILES string of the molecule is COC(=O)c1cccc(-c2ccc(F)c(C(=O)O)c2)c1. The first-order chi connectivity index (χ1) is 9.52. The number of carboxylic acids is 1. The number of hydrogen-bond acceptors (Lipinski definition) is 3. The molecule has 4 nitrogen and oxygen atoms in total. The number of hydrogen-bond donors (Lipinski definition) is 1. The fourth-order valence-electron chi connectivity index (χ4n) is 1.81. The van der Waals surface area contributed by atoms with E-state index in [2.05, 4.69) is 4.74 Å². The minimum Gasteiger partial charge on any atom is -0.478 e. The van der Waals surface area contributed by atoms with Crippen molar-refractivity contribution in [2.75, 3.05) is 7.11 Å². The van der Waals surface area contributed by atoms with Gasteiger partial charge in [0.2, 0.25) is 0 Å². The van der Waals surface area contributed by atoms with E-state index in [0.29, 0.717) is 16.7 Å². The largest absolute Gasteiger partial charge is 0.478 e. The number of carbonyl (C=O) groups is 2. The summed E-state index contributed by atoms with van der Waals surface area (Å²) in [6.45, 7) is 0. The van der Waals surface area contributed by atoms with Gasteiger partial charge in [-0.05, 0) is 35.4 Å². The number of benzene rings is 2. The summed E-state index contributed by atoms with van der Waals surface area (Å²) in [7, 11) is 1.27. The van der Waals surface area contributed by atoms with E-state index in [-0.39, 0.29) is 0 Å². The number of carboxylic acid groups (broad SMARTS) is 1. The topological polar surface area (TPSA) is 63.6 Å². The van der Waals surface area contributed by atoms with Crippen LogP contribution in [0.5, 0.6) is 0 Å². The summed E-state index contributed by atoms with van der Waals surface area (Å²) < 4.78 is 18.0. The van der Waals surface area contributed by atoms with Gasteiger partial charge in [0.1, 0.15) is 5.82 Å². The normalized spacial score (nSPS) is 10.1. The lowest BCUT2D eigenvalue weighted by molar-refractivity contribution is 0.0599. The van der Waals surface area contributed by atoms with Crippen LogP contribution in [0.15, 0.2) is 42.5 Å². The first-order valence-electron chi connectivity index (χ1n) is 5.74. The molecule has 0 amide bonds. The molecule has 0 saturated carbocycles. The average Bonchev–Trinajstić information content (AvgIpc) is 2.46. The lowest BCUT2D eigenvalue weighted by atomic mass is 10.0. The third-order valence-corrected chi connectivity index (χ3v) is 2.81. The number of rotatable bonds is 3. The van der Waals surface area contributed by atoms with Crippen LogP contribution in [-0.4, -0.2) is 24.2 Å². The third-order valence-electron chi connectivity index (χ3n) is 2.81. The minimum absolute atomic E-state index is 0.339. The second kappa shape index (κ2) is 5.52. The van der Waals surface area contributed by atoms with Gasteiger partial charge in [0, 0.05) is 0 Å². The van der Waals surface area contributed by atoms with Crippen LogP contribution in [0, 0.1) is 5.82 Å². The molecule has 5 heteroatoms. The lowest BCUT2D eigenvalue weighted by Gasteiger charge is -2.06. The van der Waals surface area contributed by atoms with Gasteiger partial charge in [0.05, 0.1) is 18.2 Å². The fourth-order valence-corrected chi connectivity index (χ4v) is 1.81. The molecule has 0 saturated heterocycles. The summed E-state index contributed by atoms with van der Waals surface area (Å²) in [5, 5.41) is 8.90. The van der Waals surface area contributed by atoms with Crippen molar-refractivity contribution in [3.63, 3.8) is 0 Å². The van der Waals surface area contributed by atoms with Gasteiger partial charge in [0.15, 0.2) is 0 Å². The number of aromatic carboxylic acids is 1. The van der Waals surface area contributed by atoms with Crippen molar-refractivity contribution in [3.8, 4) is 11.1 Å². The molecule has 2 aromatic rings. The molecule has 0 spiro atoms. The minimum atomic E-state index is -1.34. The second-order valence-electron chi connectivity index (χ2n) is 4.07. The molecule has 0 aromatic heterocycles. The first-order valence-corrected chi connectivity index (χ1v) is 5.74. The zero-order chi connectivity index (χ0) is 14.7. The summed E-state index contributed by atoms with van der Waals surface area (Å²) in [4.78, 5) is 22.4. The summed E-state index contributed by atoms with van der Waals surface area (Å²) in [5.41, 5.74) is 1.04. The Hall–Kier alpha value is -2.69. The molecular weight excluding hydrogens is 263 g/mol. The monoisotopic (exact) mass is 274 g/mol. The van der Waals surface area contributed by atoms with Gasteiger partial charge < -0.3 is 9.84 Å². The van der Waals surface area contributed by atoms with Gasteiger partial charge in [-0.15, -0.1) is 0 Å². The zero-order valence-electron chi connectivity index (χ0n) is 10.6. The quantitative estimate of drug-likeness (QED) is 0.874. The Morgan fingerprint density at radius 1 is 1.10 bits per heavy atom. The van der Waals surface area contributed by atoms with Crippen molar-refractivity contribution < 1.29 is 23.8 Å². The molecule has 0 unspecified atom stereocenters. The van der Waals surface area contributed by atoms with Crippen molar-refractivity contribution in [3.05, 3.63) is 59.4 Å². The summed E-state index contributed by atoms with van der Waals surface area (Å²) in [5.74, 6) is -2.63. The average molecular weight is 274 g/mol. The highest BCUT2D eigenvalue weighted by Gasteiger charge is 2.12. The van der Waals surface area contributed by atoms with E-state index in [1.54, 1.807) is 24.3 Å². The van der Waals surface area contributed by atoms with E-state index < -0.39 is 23.3 Å². The van der Waals surface area contributed by atoms with Gasteiger partial charge in [-0.25, -0.2) is 14.0 Å². The molecule has 0 aliphatic rings. The molecule has 1 N–H and O–H groups in total. The molecule has 0 radical (unpaired) electrons. The van der Waals surface area contributed by atoms with Gasteiger partial charge in [0.25, 0.3) is 0 Å². The van der Waals surface area contributed by atoms with Gasteiger partial charge >= 0.3 is 11.9 Å². The molecule has 0 aliphatic heterocycles. The highest BCUT2D eigenvalue weighted by Crippen LogP contribution is 2.23. The Morgan fingerprint density at radius 2 is 1.80 bits per heavy atom. The Balaban J connectivity index is 2.49. The summed E-state index contributed by atoms with van der Waals surface area (Å²) in [6, 6.07) is 10.3. The molecule has 2 aromatic carbocycles. The van der Waals surface area contributed by atoms with Crippen molar-refractivity contribution in [2.45, 2.75) is 0 Å². The summed E-state index contributed by atoms with van der Waals surface area (Å²) >= 11 is 0. The molecular formula is C15H11FO4. The second-order valence-corrected chi connectivity index (χ2v) is 4.07. The van der Waals surface area contributed by atoms with Gasteiger partial charge in [-0.3, -0.25) is 0 Å².